The first-order chi connectivity index (χ1) is 7.19. The van der Waals surface area contributed by atoms with Crippen molar-refractivity contribution >= 4 is 0 Å². The van der Waals surface area contributed by atoms with Gasteiger partial charge in [-0.2, -0.15) is 0 Å². The van der Waals surface area contributed by atoms with Gasteiger partial charge in [0.15, 0.2) is 0 Å². The van der Waals surface area contributed by atoms with Gasteiger partial charge in [-0.15, -0.1) is 0 Å². The lowest BCUT2D eigenvalue weighted by Crippen LogP contribution is -2.47. The fourth-order valence-corrected chi connectivity index (χ4v) is 2.50. The fraction of sp³-hybridized carbons (Fsp3) is 1.00. The maximum Gasteiger partial charge on any atom is 0.0242 e. The number of nitrogens with zero attached hydrogens (tertiary/aromatic N) is 1. The molecule has 1 atom stereocenters. The van der Waals surface area contributed by atoms with E-state index >= 15 is 0 Å². The first-order valence-electron chi connectivity index (χ1n) is 6.58. The van der Waals surface area contributed by atoms with E-state index in [-0.39, 0.29) is 0 Å². The van der Waals surface area contributed by atoms with Gasteiger partial charge >= 0.3 is 0 Å². The monoisotopic (exact) mass is 212 g/mol. The molecule has 2 heteroatoms. The van der Waals surface area contributed by atoms with E-state index in [1.165, 1.54) is 38.6 Å². The Hall–Kier alpha value is -0.0800. The van der Waals surface area contributed by atoms with Crippen molar-refractivity contribution in [2.24, 2.45) is 5.92 Å². The molecule has 1 unspecified atom stereocenters. The number of hydrogen-bond donors (Lipinski definition) is 1. The van der Waals surface area contributed by atoms with Crippen LogP contribution in [0.1, 0.15) is 46.0 Å². The molecule has 0 spiro atoms. The second kappa shape index (κ2) is 6.49. The minimum absolute atomic E-state index is 0.709. The van der Waals surface area contributed by atoms with Gasteiger partial charge in [0.05, 0.1) is 0 Å². The van der Waals surface area contributed by atoms with Gasteiger partial charge in [0.25, 0.3) is 0 Å². The van der Waals surface area contributed by atoms with E-state index in [0.717, 1.165) is 12.0 Å². The van der Waals surface area contributed by atoms with Crippen molar-refractivity contribution in [2.45, 2.75) is 58.0 Å². The molecular weight excluding hydrogens is 184 g/mol. The van der Waals surface area contributed by atoms with Crippen molar-refractivity contribution in [1.82, 2.24) is 10.2 Å². The molecular formula is C13H28N2. The largest absolute Gasteiger partial charge is 0.312 e. The molecule has 1 saturated carbocycles. The van der Waals surface area contributed by atoms with Crippen LogP contribution in [0.15, 0.2) is 0 Å². The number of nitrogens with one attached hydrogen (secondary N) is 1. The Morgan fingerprint density at radius 3 is 2.13 bits per heavy atom. The lowest BCUT2D eigenvalue weighted by molar-refractivity contribution is 0.180. The van der Waals surface area contributed by atoms with Crippen LogP contribution in [-0.4, -0.2) is 37.6 Å². The molecule has 0 aromatic rings. The first-order valence-corrected chi connectivity index (χ1v) is 6.58. The van der Waals surface area contributed by atoms with E-state index in [4.69, 9.17) is 0 Å². The average molecular weight is 212 g/mol. The zero-order valence-electron chi connectivity index (χ0n) is 10.9. The maximum absolute atomic E-state index is 3.71. The molecule has 90 valence electrons. The number of likely N-dealkylation sites (N-methyl/N-ethyl adjacent to an activating group) is 1. The van der Waals surface area contributed by atoms with Gasteiger partial charge in [-0.25, -0.2) is 0 Å². The van der Waals surface area contributed by atoms with E-state index in [9.17, 15) is 0 Å². The van der Waals surface area contributed by atoms with Crippen LogP contribution in [0.4, 0.5) is 0 Å². The quantitative estimate of drug-likeness (QED) is 0.697. The van der Waals surface area contributed by atoms with Crippen molar-refractivity contribution in [3.63, 3.8) is 0 Å². The zero-order chi connectivity index (χ0) is 11.3. The summed E-state index contributed by atoms with van der Waals surface area (Å²) in [5.74, 6) is 0.840. The number of rotatable bonds is 7. The molecule has 2 nitrogen and oxygen atoms in total. The van der Waals surface area contributed by atoms with Crippen LogP contribution >= 0.6 is 0 Å². The molecule has 1 fully saturated rings. The van der Waals surface area contributed by atoms with Crippen LogP contribution < -0.4 is 5.32 Å². The average Bonchev–Trinajstić information content (AvgIpc) is 2.14. The predicted octanol–water partition coefficient (Wildman–Crippen LogP) is 2.49. The lowest BCUT2D eigenvalue weighted by atomic mass is 9.90. The van der Waals surface area contributed by atoms with Crippen LogP contribution in [0, 0.1) is 5.92 Å². The second-order valence-corrected chi connectivity index (χ2v) is 5.14. The molecule has 1 aliphatic carbocycles. The molecule has 1 aliphatic rings. The summed E-state index contributed by atoms with van der Waals surface area (Å²) in [4.78, 5) is 2.39. The molecule has 1 rings (SSSR count). The van der Waals surface area contributed by atoms with Crippen molar-refractivity contribution in [3.8, 4) is 0 Å². The van der Waals surface area contributed by atoms with E-state index in [0.29, 0.717) is 6.04 Å². The highest BCUT2D eigenvalue weighted by Crippen LogP contribution is 2.20. The highest BCUT2D eigenvalue weighted by Gasteiger charge is 2.23. The summed E-state index contributed by atoms with van der Waals surface area (Å²) >= 11 is 0. The maximum atomic E-state index is 3.71. The zero-order valence-corrected chi connectivity index (χ0v) is 10.9. The van der Waals surface area contributed by atoms with Crippen LogP contribution in [0.5, 0.6) is 0 Å². The van der Waals surface area contributed by atoms with Crippen LogP contribution in [-0.2, 0) is 0 Å². The van der Waals surface area contributed by atoms with E-state index in [1.54, 1.807) is 0 Å². The molecule has 0 aliphatic heterocycles. The van der Waals surface area contributed by atoms with Gasteiger partial charge in [0.2, 0.25) is 0 Å². The van der Waals surface area contributed by atoms with Crippen molar-refractivity contribution in [2.75, 3.05) is 20.6 Å². The van der Waals surface area contributed by atoms with E-state index in [2.05, 4.69) is 38.2 Å². The van der Waals surface area contributed by atoms with Gasteiger partial charge < -0.3 is 10.2 Å². The highest BCUT2D eigenvalue weighted by atomic mass is 15.1. The highest BCUT2D eigenvalue weighted by molar-refractivity contribution is 4.82. The Labute approximate surface area is 95.4 Å². The lowest BCUT2D eigenvalue weighted by Gasteiger charge is -2.35. The van der Waals surface area contributed by atoms with Crippen LogP contribution in [0.3, 0.4) is 0 Å². The third-order valence-electron chi connectivity index (χ3n) is 3.98. The summed E-state index contributed by atoms with van der Waals surface area (Å²) in [5, 5.41) is 3.71. The normalized spacial score (nSPS) is 19.6. The standard InChI is InChI=1S/C13H28N2/c1-5-11(6-2)13(15(3)4)10-14-12-8-7-9-12/h11-14H,5-10H2,1-4H3. The van der Waals surface area contributed by atoms with E-state index < -0.39 is 0 Å². The molecule has 1 N–H and O–H groups in total. The smallest absolute Gasteiger partial charge is 0.0242 e. The Morgan fingerprint density at radius 2 is 1.80 bits per heavy atom. The van der Waals surface area contributed by atoms with Gasteiger partial charge in [-0.1, -0.05) is 33.1 Å². The fourth-order valence-electron chi connectivity index (χ4n) is 2.50. The Kier molecular flexibility index (Phi) is 5.62. The SMILES string of the molecule is CCC(CC)C(CNC1CCC1)N(C)C. The summed E-state index contributed by atoms with van der Waals surface area (Å²) < 4.78 is 0. The summed E-state index contributed by atoms with van der Waals surface area (Å²) in [6.45, 7) is 5.80. The summed E-state index contributed by atoms with van der Waals surface area (Å²) in [7, 11) is 4.43. The van der Waals surface area contributed by atoms with Crippen molar-refractivity contribution in [1.29, 1.82) is 0 Å². The first kappa shape index (κ1) is 13.0. The topological polar surface area (TPSA) is 15.3 Å². The summed E-state index contributed by atoms with van der Waals surface area (Å²) in [5.41, 5.74) is 0. The number of hydrogen-bond acceptors (Lipinski definition) is 2. The Balaban J connectivity index is 2.34. The Bertz CT molecular complexity index is 160. The molecule has 0 aromatic carbocycles. The van der Waals surface area contributed by atoms with Gasteiger partial charge in [-0.3, -0.25) is 0 Å². The second-order valence-electron chi connectivity index (χ2n) is 5.14. The van der Waals surface area contributed by atoms with Crippen molar-refractivity contribution < 1.29 is 0 Å². The van der Waals surface area contributed by atoms with Gasteiger partial charge in [-0.05, 0) is 32.9 Å². The molecule has 0 heterocycles. The molecule has 0 aromatic heterocycles. The molecule has 0 amide bonds. The summed E-state index contributed by atoms with van der Waals surface area (Å²) in [6, 6.07) is 1.53. The van der Waals surface area contributed by atoms with Gasteiger partial charge in [0, 0.05) is 18.6 Å². The van der Waals surface area contributed by atoms with E-state index in [1.807, 2.05) is 0 Å². The molecule has 0 radical (unpaired) electrons. The third kappa shape index (κ3) is 3.76. The van der Waals surface area contributed by atoms with Gasteiger partial charge in [0.1, 0.15) is 0 Å². The van der Waals surface area contributed by atoms with Crippen LogP contribution in [0.25, 0.3) is 0 Å². The molecule has 0 saturated heterocycles. The molecule has 0 bridgehead atoms. The minimum Gasteiger partial charge on any atom is -0.312 e. The van der Waals surface area contributed by atoms with Crippen LogP contribution in [0.2, 0.25) is 0 Å². The van der Waals surface area contributed by atoms with Crippen molar-refractivity contribution in [3.05, 3.63) is 0 Å². The third-order valence-corrected chi connectivity index (χ3v) is 3.98. The minimum atomic E-state index is 0.709. The Morgan fingerprint density at radius 1 is 1.20 bits per heavy atom. The summed E-state index contributed by atoms with van der Waals surface area (Å²) in [6.07, 6.45) is 6.80. The molecule has 15 heavy (non-hydrogen) atoms. The predicted molar refractivity (Wildman–Crippen MR) is 67.2 cm³/mol.